The number of piperazine rings is 1. The van der Waals surface area contributed by atoms with E-state index >= 15 is 0 Å². The standard InChI is InChI=1S/C14H21N7OS/c22-7-3-16-10-11-9-12(21-5-1-15-2-6-21)19-13(18-11)20-14-17-4-8-23-14/h4,8-9,15-16,22H,1-3,5-7,10H2,(H,17,18,19,20). The number of anilines is 3. The van der Waals surface area contributed by atoms with Gasteiger partial charge in [0.05, 0.1) is 12.3 Å². The third kappa shape index (κ3) is 4.58. The number of nitrogens with zero attached hydrogens (tertiary/aromatic N) is 4. The number of hydrogen-bond donors (Lipinski definition) is 4. The van der Waals surface area contributed by atoms with Gasteiger partial charge in [-0.2, -0.15) is 4.98 Å². The maximum atomic E-state index is 8.90. The van der Waals surface area contributed by atoms with Crippen LogP contribution in [0.25, 0.3) is 0 Å². The third-order valence-electron chi connectivity index (χ3n) is 3.45. The van der Waals surface area contributed by atoms with Gasteiger partial charge in [0.1, 0.15) is 5.82 Å². The summed E-state index contributed by atoms with van der Waals surface area (Å²) in [5.74, 6) is 1.47. The lowest BCUT2D eigenvalue weighted by atomic mass is 10.3. The molecule has 2 aromatic heterocycles. The summed E-state index contributed by atoms with van der Waals surface area (Å²) < 4.78 is 0. The molecular formula is C14H21N7OS. The summed E-state index contributed by atoms with van der Waals surface area (Å²) in [6.45, 7) is 5.01. The molecule has 1 saturated heterocycles. The molecule has 3 heterocycles. The summed E-state index contributed by atoms with van der Waals surface area (Å²) in [5.41, 5.74) is 0.890. The zero-order chi connectivity index (χ0) is 15.9. The van der Waals surface area contributed by atoms with Gasteiger partial charge < -0.3 is 20.6 Å². The second-order valence-corrected chi connectivity index (χ2v) is 6.04. The van der Waals surface area contributed by atoms with Crippen molar-refractivity contribution >= 4 is 28.2 Å². The summed E-state index contributed by atoms with van der Waals surface area (Å²) in [5, 5.41) is 21.2. The number of aliphatic hydroxyl groups is 1. The Morgan fingerprint density at radius 3 is 2.91 bits per heavy atom. The van der Waals surface area contributed by atoms with Gasteiger partial charge >= 0.3 is 0 Å². The summed E-state index contributed by atoms with van der Waals surface area (Å²) in [6, 6.07) is 2.00. The van der Waals surface area contributed by atoms with Gasteiger partial charge in [0.15, 0.2) is 5.13 Å². The van der Waals surface area contributed by atoms with Crippen LogP contribution in [0.2, 0.25) is 0 Å². The molecule has 0 unspecified atom stereocenters. The van der Waals surface area contributed by atoms with Crippen LogP contribution in [0.3, 0.4) is 0 Å². The van der Waals surface area contributed by atoms with Crippen LogP contribution in [0.1, 0.15) is 5.69 Å². The van der Waals surface area contributed by atoms with Gasteiger partial charge in [-0.1, -0.05) is 0 Å². The number of nitrogens with one attached hydrogen (secondary N) is 3. The van der Waals surface area contributed by atoms with Crippen molar-refractivity contribution in [3.63, 3.8) is 0 Å². The van der Waals surface area contributed by atoms with Crippen molar-refractivity contribution in [2.75, 3.05) is 49.5 Å². The molecule has 9 heteroatoms. The molecule has 0 aliphatic carbocycles. The van der Waals surface area contributed by atoms with E-state index in [1.165, 1.54) is 11.3 Å². The highest BCUT2D eigenvalue weighted by Gasteiger charge is 2.14. The minimum Gasteiger partial charge on any atom is -0.395 e. The highest BCUT2D eigenvalue weighted by atomic mass is 32.1. The van der Waals surface area contributed by atoms with Crippen molar-refractivity contribution < 1.29 is 5.11 Å². The smallest absolute Gasteiger partial charge is 0.231 e. The molecule has 0 bridgehead atoms. The monoisotopic (exact) mass is 335 g/mol. The van der Waals surface area contributed by atoms with E-state index in [1.807, 2.05) is 11.4 Å². The number of thiazole rings is 1. The fourth-order valence-electron chi connectivity index (χ4n) is 2.36. The zero-order valence-corrected chi connectivity index (χ0v) is 13.6. The molecule has 0 atom stereocenters. The Hall–Kier alpha value is -1.81. The largest absolute Gasteiger partial charge is 0.395 e. The average molecular weight is 335 g/mol. The second kappa shape index (κ2) is 8.16. The number of aliphatic hydroxyl groups excluding tert-OH is 1. The molecule has 8 nitrogen and oxygen atoms in total. The van der Waals surface area contributed by atoms with E-state index in [9.17, 15) is 0 Å². The second-order valence-electron chi connectivity index (χ2n) is 5.14. The summed E-state index contributed by atoms with van der Waals surface area (Å²) in [6.07, 6.45) is 1.75. The summed E-state index contributed by atoms with van der Waals surface area (Å²) in [7, 11) is 0. The summed E-state index contributed by atoms with van der Waals surface area (Å²) >= 11 is 1.51. The molecule has 0 spiro atoms. The van der Waals surface area contributed by atoms with Crippen LogP contribution < -0.4 is 20.9 Å². The van der Waals surface area contributed by atoms with Crippen LogP contribution >= 0.6 is 11.3 Å². The molecular weight excluding hydrogens is 314 g/mol. The topological polar surface area (TPSA) is 98.2 Å². The van der Waals surface area contributed by atoms with E-state index in [-0.39, 0.29) is 6.61 Å². The molecule has 23 heavy (non-hydrogen) atoms. The molecule has 1 aliphatic heterocycles. The van der Waals surface area contributed by atoms with Crippen LogP contribution in [0.4, 0.5) is 16.9 Å². The quantitative estimate of drug-likeness (QED) is 0.532. The Morgan fingerprint density at radius 1 is 1.30 bits per heavy atom. The van der Waals surface area contributed by atoms with E-state index in [1.54, 1.807) is 6.20 Å². The van der Waals surface area contributed by atoms with Gasteiger partial charge in [0.25, 0.3) is 0 Å². The van der Waals surface area contributed by atoms with Crippen LogP contribution in [0.15, 0.2) is 17.6 Å². The number of rotatable bonds is 7. The van der Waals surface area contributed by atoms with Gasteiger partial charge in [-0.25, -0.2) is 9.97 Å². The van der Waals surface area contributed by atoms with E-state index in [2.05, 4.69) is 35.8 Å². The first-order valence-corrected chi connectivity index (χ1v) is 8.55. The predicted molar refractivity (Wildman–Crippen MR) is 91.3 cm³/mol. The van der Waals surface area contributed by atoms with E-state index < -0.39 is 0 Å². The van der Waals surface area contributed by atoms with E-state index in [0.717, 1.165) is 42.8 Å². The highest BCUT2D eigenvalue weighted by molar-refractivity contribution is 7.13. The molecule has 0 radical (unpaired) electrons. The maximum absolute atomic E-state index is 8.90. The Bertz CT molecular complexity index is 601. The number of hydrogen-bond acceptors (Lipinski definition) is 9. The molecule has 2 aromatic rings. The van der Waals surface area contributed by atoms with Crippen molar-refractivity contribution in [3.05, 3.63) is 23.3 Å². The van der Waals surface area contributed by atoms with Crippen molar-refractivity contribution in [3.8, 4) is 0 Å². The molecule has 0 aromatic carbocycles. The van der Waals surface area contributed by atoms with Crippen molar-refractivity contribution in [1.82, 2.24) is 25.6 Å². The minimum atomic E-state index is 0.111. The molecule has 0 saturated carbocycles. The average Bonchev–Trinajstić information content (AvgIpc) is 3.09. The summed E-state index contributed by atoms with van der Waals surface area (Å²) in [4.78, 5) is 15.6. The first kappa shape index (κ1) is 16.1. The Kier molecular flexibility index (Phi) is 5.70. The Morgan fingerprint density at radius 2 is 2.17 bits per heavy atom. The van der Waals surface area contributed by atoms with Crippen molar-refractivity contribution in [2.24, 2.45) is 0 Å². The van der Waals surface area contributed by atoms with Crippen molar-refractivity contribution in [2.45, 2.75) is 6.54 Å². The maximum Gasteiger partial charge on any atom is 0.231 e. The minimum absolute atomic E-state index is 0.111. The van der Waals surface area contributed by atoms with Crippen LogP contribution in [-0.2, 0) is 6.54 Å². The Balaban J connectivity index is 1.79. The van der Waals surface area contributed by atoms with Gasteiger partial charge in [-0.15, -0.1) is 11.3 Å². The molecule has 0 amide bonds. The van der Waals surface area contributed by atoms with E-state index in [0.29, 0.717) is 19.0 Å². The fraction of sp³-hybridized carbons (Fsp3) is 0.500. The SMILES string of the molecule is OCCNCc1cc(N2CCNCC2)nc(Nc2nccs2)n1. The molecule has 1 fully saturated rings. The van der Waals surface area contributed by atoms with Crippen molar-refractivity contribution in [1.29, 1.82) is 0 Å². The lowest BCUT2D eigenvalue weighted by Gasteiger charge is -2.28. The number of aromatic nitrogens is 3. The predicted octanol–water partition coefficient (Wildman–Crippen LogP) is 0.168. The Labute approximate surface area is 139 Å². The van der Waals surface area contributed by atoms with E-state index in [4.69, 9.17) is 5.11 Å². The zero-order valence-electron chi connectivity index (χ0n) is 12.8. The normalized spacial score (nSPS) is 14.9. The van der Waals surface area contributed by atoms with Gasteiger partial charge in [0.2, 0.25) is 5.95 Å². The molecule has 124 valence electrons. The van der Waals surface area contributed by atoms with Gasteiger partial charge in [-0.3, -0.25) is 5.32 Å². The van der Waals surface area contributed by atoms with Crippen LogP contribution in [0, 0.1) is 0 Å². The molecule has 1 aliphatic rings. The van der Waals surface area contributed by atoms with Crippen LogP contribution in [-0.4, -0.2) is 59.4 Å². The lowest BCUT2D eigenvalue weighted by molar-refractivity contribution is 0.291. The fourth-order valence-corrected chi connectivity index (χ4v) is 2.88. The first-order chi connectivity index (χ1) is 11.3. The van der Waals surface area contributed by atoms with Gasteiger partial charge in [-0.05, 0) is 0 Å². The van der Waals surface area contributed by atoms with Gasteiger partial charge in [0, 0.05) is 56.9 Å². The molecule has 3 rings (SSSR count). The highest BCUT2D eigenvalue weighted by Crippen LogP contribution is 2.20. The van der Waals surface area contributed by atoms with Crippen LogP contribution in [0.5, 0.6) is 0 Å². The first-order valence-electron chi connectivity index (χ1n) is 7.67. The molecule has 4 N–H and O–H groups in total. The third-order valence-corrected chi connectivity index (χ3v) is 4.14. The lowest BCUT2D eigenvalue weighted by Crippen LogP contribution is -2.44.